The van der Waals surface area contributed by atoms with Crippen molar-refractivity contribution in [3.8, 4) is 11.8 Å². The van der Waals surface area contributed by atoms with E-state index in [4.69, 9.17) is 4.74 Å². The number of nitrogens with zero attached hydrogens (tertiary/aromatic N) is 1. The van der Waals surface area contributed by atoms with Crippen molar-refractivity contribution in [2.75, 3.05) is 26.2 Å². The predicted molar refractivity (Wildman–Crippen MR) is 116 cm³/mol. The molecule has 156 valence electrons. The Labute approximate surface area is 179 Å². The molecule has 0 aliphatic carbocycles. The molecule has 0 amide bonds. The fraction of sp³-hybridized carbons (Fsp3) is 0.423. The normalized spacial score (nSPS) is 25.3. The lowest BCUT2D eigenvalue weighted by Gasteiger charge is -2.52. The van der Waals surface area contributed by atoms with E-state index < -0.39 is 11.6 Å². The van der Waals surface area contributed by atoms with Gasteiger partial charge >= 0.3 is 5.97 Å². The summed E-state index contributed by atoms with van der Waals surface area (Å²) in [5.41, 5.74) is -0.748. The average Bonchev–Trinajstić information content (AvgIpc) is 2.80. The number of fused-ring (bicyclic) bond motifs is 3. The molecular formula is C26H30NO3+. The predicted octanol–water partition coefficient (Wildman–Crippen LogP) is 3.49. The summed E-state index contributed by atoms with van der Waals surface area (Å²) in [4.78, 5) is 13.5. The standard InChI is InChI=1S/C26H30NO3/c1-2-3-10-17-27-18-15-21(16-19-27)24(20-27)30-25(28)26(29,22-11-6-4-7-12-22)23-13-8-5-9-14-23/h4-9,11-14,21,24,29H,10,15-20H2,1H3/q+1/t21?,24-,27?/m0/s1. The lowest BCUT2D eigenvalue weighted by Crippen LogP contribution is -2.65. The molecule has 3 aliphatic heterocycles. The van der Waals surface area contributed by atoms with Gasteiger partial charge in [-0.05, 0) is 18.1 Å². The molecule has 3 saturated heterocycles. The largest absolute Gasteiger partial charge is 0.453 e. The van der Waals surface area contributed by atoms with Crippen LogP contribution in [0.4, 0.5) is 0 Å². The second kappa shape index (κ2) is 8.63. The number of benzene rings is 2. The number of aliphatic hydroxyl groups is 1. The first kappa shape index (κ1) is 20.7. The van der Waals surface area contributed by atoms with Gasteiger partial charge in [0.2, 0.25) is 5.60 Å². The summed E-state index contributed by atoms with van der Waals surface area (Å²) in [5.74, 6) is 5.96. The van der Waals surface area contributed by atoms with Gasteiger partial charge in [-0.25, -0.2) is 4.79 Å². The maximum absolute atomic E-state index is 13.5. The Balaban J connectivity index is 1.58. The van der Waals surface area contributed by atoms with E-state index in [0.717, 1.165) is 49.9 Å². The molecule has 5 rings (SSSR count). The van der Waals surface area contributed by atoms with Gasteiger partial charge in [0.25, 0.3) is 0 Å². The molecule has 0 unspecified atom stereocenters. The first-order valence-corrected chi connectivity index (χ1v) is 10.9. The van der Waals surface area contributed by atoms with Gasteiger partial charge in [-0.3, -0.25) is 0 Å². The van der Waals surface area contributed by atoms with Gasteiger partial charge in [0.1, 0.15) is 6.54 Å². The molecule has 3 aliphatic rings. The third kappa shape index (κ3) is 3.88. The van der Waals surface area contributed by atoms with E-state index in [9.17, 15) is 9.90 Å². The second-order valence-electron chi connectivity index (χ2n) is 8.60. The number of piperidine rings is 3. The Kier molecular flexibility index (Phi) is 5.94. The maximum Gasteiger partial charge on any atom is 0.348 e. The van der Waals surface area contributed by atoms with Crippen LogP contribution in [0.2, 0.25) is 0 Å². The van der Waals surface area contributed by atoms with Gasteiger partial charge in [-0.2, -0.15) is 0 Å². The summed E-state index contributed by atoms with van der Waals surface area (Å²) in [5, 5.41) is 11.7. The number of rotatable bonds is 6. The molecule has 2 bridgehead atoms. The monoisotopic (exact) mass is 404 g/mol. The van der Waals surface area contributed by atoms with Crippen LogP contribution < -0.4 is 0 Å². The minimum atomic E-state index is -1.81. The van der Waals surface area contributed by atoms with Crippen LogP contribution in [0.15, 0.2) is 60.7 Å². The number of hydrogen-bond donors (Lipinski definition) is 1. The van der Waals surface area contributed by atoms with E-state index in [2.05, 4.69) is 11.8 Å². The summed E-state index contributed by atoms with van der Waals surface area (Å²) in [6, 6.07) is 18.2. The topological polar surface area (TPSA) is 46.5 Å². The van der Waals surface area contributed by atoms with Crippen LogP contribution in [0.3, 0.4) is 0 Å². The fourth-order valence-electron chi connectivity index (χ4n) is 5.07. The van der Waals surface area contributed by atoms with E-state index >= 15 is 0 Å². The van der Waals surface area contributed by atoms with Crippen LogP contribution in [0.25, 0.3) is 0 Å². The van der Waals surface area contributed by atoms with Crippen molar-refractivity contribution < 1.29 is 19.1 Å². The Morgan fingerprint density at radius 1 is 1.07 bits per heavy atom. The van der Waals surface area contributed by atoms with Crippen molar-refractivity contribution in [2.45, 2.75) is 37.9 Å². The van der Waals surface area contributed by atoms with E-state index in [0.29, 0.717) is 17.0 Å². The minimum absolute atomic E-state index is 0.159. The Bertz CT molecular complexity index is 882. The lowest BCUT2D eigenvalue weighted by atomic mass is 9.82. The summed E-state index contributed by atoms with van der Waals surface area (Å²) in [6.45, 7) is 5.96. The van der Waals surface area contributed by atoms with Crippen molar-refractivity contribution in [3.63, 3.8) is 0 Å². The van der Waals surface area contributed by atoms with E-state index in [-0.39, 0.29) is 6.10 Å². The Morgan fingerprint density at radius 3 is 2.17 bits per heavy atom. The van der Waals surface area contributed by atoms with Gasteiger partial charge < -0.3 is 14.3 Å². The van der Waals surface area contributed by atoms with Crippen molar-refractivity contribution in [1.82, 2.24) is 0 Å². The van der Waals surface area contributed by atoms with E-state index in [1.807, 2.05) is 43.3 Å². The van der Waals surface area contributed by atoms with Gasteiger partial charge in [0, 0.05) is 18.8 Å². The summed E-state index contributed by atoms with van der Waals surface area (Å²) >= 11 is 0. The first-order chi connectivity index (χ1) is 14.6. The molecule has 0 saturated carbocycles. The average molecular weight is 405 g/mol. The molecule has 4 nitrogen and oxygen atoms in total. The van der Waals surface area contributed by atoms with Crippen LogP contribution in [-0.2, 0) is 15.1 Å². The quantitative estimate of drug-likeness (QED) is 0.455. The maximum atomic E-state index is 13.5. The highest BCUT2D eigenvalue weighted by atomic mass is 16.6. The van der Waals surface area contributed by atoms with Crippen LogP contribution in [-0.4, -0.2) is 47.8 Å². The number of carbonyl (C=O) groups excluding carboxylic acids is 1. The van der Waals surface area contributed by atoms with Crippen LogP contribution in [0, 0.1) is 17.8 Å². The molecule has 3 fully saturated rings. The molecule has 3 heterocycles. The number of quaternary nitrogens is 1. The molecule has 4 heteroatoms. The molecule has 2 aromatic carbocycles. The SMILES string of the molecule is CC#CCC[N+]12CCC(CC1)[C@@H](OC(=O)C(O)(c1ccccc1)c1ccccc1)C2. The number of hydrogen-bond acceptors (Lipinski definition) is 3. The third-order valence-electron chi connectivity index (χ3n) is 6.87. The summed E-state index contributed by atoms with van der Waals surface area (Å²) in [6.07, 6.45) is 2.84. The molecule has 30 heavy (non-hydrogen) atoms. The van der Waals surface area contributed by atoms with Gasteiger partial charge in [0.15, 0.2) is 6.10 Å². The highest BCUT2D eigenvalue weighted by molar-refractivity contribution is 5.85. The first-order valence-electron chi connectivity index (χ1n) is 10.9. The Morgan fingerprint density at radius 2 is 1.63 bits per heavy atom. The van der Waals surface area contributed by atoms with E-state index in [1.165, 1.54) is 0 Å². The fourth-order valence-corrected chi connectivity index (χ4v) is 5.07. The zero-order chi connectivity index (χ0) is 21.0. The zero-order valence-corrected chi connectivity index (χ0v) is 17.6. The minimum Gasteiger partial charge on any atom is -0.453 e. The molecule has 1 atom stereocenters. The summed E-state index contributed by atoms with van der Waals surface area (Å²) < 4.78 is 7.06. The van der Waals surface area contributed by atoms with Crippen LogP contribution in [0.1, 0.15) is 37.3 Å². The van der Waals surface area contributed by atoms with Gasteiger partial charge in [-0.15, -0.1) is 5.92 Å². The molecule has 1 N–H and O–H groups in total. The molecule has 0 radical (unpaired) electrons. The van der Waals surface area contributed by atoms with Crippen LogP contribution in [0.5, 0.6) is 0 Å². The highest BCUT2D eigenvalue weighted by Gasteiger charge is 2.50. The van der Waals surface area contributed by atoms with Crippen molar-refractivity contribution >= 4 is 5.97 Å². The lowest BCUT2D eigenvalue weighted by molar-refractivity contribution is -0.945. The second-order valence-corrected chi connectivity index (χ2v) is 8.60. The highest BCUT2D eigenvalue weighted by Crippen LogP contribution is 2.38. The van der Waals surface area contributed by atoms with Gasteiger partial charge in [-0.1, -0.05) is 66.6 Å². The molecule has 0 spiro atoms. The smallest absolute Gasteiger partial charge is 0.348 e. The molecule has 2 aromatic rings. The number of carbonyl (C=O) groups is 1. The van der Waals surface area contributed by atoms with Crippen LogP contribution >= 0.6 is 0 Å². The number of ether oxygens (including phenoxy) is 1. The zero-order valence-electron chi connectivity index (χ0n) is 17.6. The van der Waals surface area contributed by atoms with Crippen molar-refractivity contribution in [2.24, 2.45) is 5.92 Å². The summed E-state index contributed by atoms with van der Waals surface area (Å²) in [7, 11) is 0. The van der Waals surface area contributed by atoms with Crippen molar-refractivity contribution in [1.29, 1.82) is 0 Å². The van der Waals surface area contributed by atoms with E-state index in [1.54, 1.807) is 24.3 Å². The van der Waals surface area contributed by atoms with Crippen molar-refractivity contribution in [3.05, 3.63) is 71.8 Å². The van der Waals surface area contributed by atoms with Gasteiger partial charge in [0.05, 0.1) is 26.1 Å². The number of esters is 1. The Hall–Kier alpha value is -2.61. The molecule has 0 aromatic heterocycles. The molecular weight excluding hydrogens is 374 g/mol. The third-order valence-corrected chi connectivity index (χ3v) is 6.87.